The van der Waals surface area contributed by atoms with Crippen molar-refractivity contribution in [2.75, 3.05) is 13.1 Å². The number of hydrogen-bond acceptors (Lipinski definition) is 4. The SMILES string of the molecule is CC1CCN(CC2CCCCC2N([O-])O)C(C)C1. The Hall–Kier alpha value is -0.160. The van der Waals surface area contributed by atoms with E-state index in [-0.39, 0.29) is 11.3 Å². The number of hydroxylamine groups is 2. The summed E-state index contributed by atoms with van der Waals surface area (Å²) < 4.78 is 0. The van der Waals surface area contributed by atoms with Gasteiger partial charge in [-0.15, -0.1) is 0 Å². The number of piperidine rings is 1. The molecule has 18 heavy (non-hydrogen) atoms. The Morgan fingerprint density at radius 3 is 2.61 bits per heavy atom. The summed E-state index contributed by atoms with van der Waals surface area (Å²) in [6.45, 7) is 6.75. The van der Waals surface area contributed by atoms with Gasteiger partial charge in [0.15, 0.2) is 0 Å². The van der Waals surface area contributed by atoms with Gasteiger partial charge in [0.05, 0.1) is 0 Å². The van der Waals surface area contributed by atoms with Crippen molar-refractivity contribution in [3.63, 3.8) is 0 Å². The molecule has 2 aliphatic rings. The van der Waals surface area contributed by atoms with E-state index in [2.05, 4.69) is 18.7 Å². The van der Waals surface area contributed by atoms with Gasteiger partial charge in [-0.2, -0.15) is 0 Å². The van der Waals surface area contributed by atoms with Gasteiger partial charge in [0, 0.05) is 18.6 Å². The van der Waals surface area contributed by atoms with Crippen LogP contribution in [0.1, 0.15) is 52.4 Å². The molecule has 0 radical (unpaired) electrons. The maximum absolute atomic E-state index is 11.2. The van der Waals surface area contributed by atoms with Crippen molar-refractivity contribution in [2.24, 2.45) is 11.8 Å². The molecule has 4 heteroatoms. The van der Waals surface area contributed by atoms with Gasteiger partial charge in [0.25, 0.3) is 0 Å². The van der Waals surface area contributed by atoms with Gasteiger partial charge in [0.1, 0.15) is 0 Å². The van der Waals surface area contributed by atoms with Crippen LogP contribution in [0, 0.1) is 17.0 Å². The van der Waals surface area contributed by atoms with Crippen LogP contribution < -0.4 is 0 Å². The van der Waals surface area contributed by atoms with Crippen molar-refractivity contribution in [2.45, 2.75) is 64.5 Å². The largest absolute Gasteiger partial charge is 0.762 e. The Labute approximate surface area is 110 Å². The standard InChI is InChI=1S/C14H27N2O2/c1-11-7-8-15(12(2)9-11)10-13-5-3-4-6-14(13)16(17)18/h11-14,17H,3-10H2,1-2H3/q-1. The van der Waals surface area contributed by atoms with Crippen molar-refractivity contribution in [3.8, 4) is 0 Å². The first-order valence-electron chi connectivity index (χ1n) is 7.47. The molecule has 0 amide bonds. The first-order chi connectivity index (χ1) is 8.58. The van der Waals surface area contributed by atoms with Crippen molar-refractivity contribution in [1.82, 2.24) is 10.1 Å². The average molecular weight is 255 g/mol. The van der Waals surface area contributed by atoms with Gasteiger partial charge in [-0.1, -0.05) is 19.8 Å². The van der Waals surface area contributed by atoms with E-state index in [0.29, 0.717) is 12.0 Å². The van der Waals surface area contributed by atoms with E-state index in [1.165, 1.54) is 19.3 Å². The lowest BCUT2D eigenvalue weighted by Crippen LogP contribution is -2.48. The highest BCUT2D eigenvalue weighted by Crippen LogP contribution is 2.30. The molecule has 1 saturated heterocycles. The fourth-order valence-electron chi connectivity index (χ4n) is 3.72. The Morgan fingerprint density at radius 1 is 1.22 bits per heavy atom. The van der Waals surface area contributed by atoms with Crippen molar-refractivity contribution in [1.29, 1.82) is 0 Å². The lowest BCUT2D eigenvalue weighted by atomic mass is 9.83. The van der Waals surface area contributed by atoms with Crippen molar-refractivity contribution in [3.05, 3.63) is 5.21 Å². The molecule has 106 valence electrons. The summed E-state index contributed by atoms with van der Waals surface area (Å²) in [6.07, 6.45) is 6.74. The summed E-state index contributed by atoms with van der Waals surface area (Å²) >= 11 is 0. The zero-order valence-electron chi connectivity index (χ0n) is 11.7. The number of likely N-dealkylation sites (tertiary alicyclic amines) is 1. The second-order valence-corrected chi connectivity index (χ2v) is 6.39. The Kier molecular flexibility index (Phi) is 5.01. The van der Waals surface area contributed by atoms with Crippen LogP contribution in [0.4, 0.5) is 0 Å². The van der Waals surface area contributed by atoms with Crippen LogP contribution in [0.3, 0.4) is 0 Å². The molecular formula is C14H27N2O2-. The Morgan fingerprint density at radius 2 is 1.94 bits per heavy atom. The third-order valence-electron chi connectivity index (χ3n) is 4.90. The quantitative estimate of drug-likeness (QED) is 0.788. The lowest BCUT2D eigenvalue weighted by Gasteiger charge is -2.44. The maximum atomic E-state index is 11.2. The van der Waals surface area contributed by atoms with Crippen molar-refractivity contribution < 1.29 is 5.21 Å². The van der Waals surface area contributed by atoms with Crippen LogP contribution in [0.2, 0.25) is 0 Å². The first-order valence-corrected chi connectivity index (χ1v) is 7.47. The van der Waals surface area contributed by atoms with E-state index in [4.69, 9.17) is 0 Å². The van der Waals surface area contributed by atoms with Crippen LogP contribution in [-0.2, 0) is 0 Å². The number of hydrogen-bond donors (Lipinski definition) is 1. The molecule has 4 atom stereocenters. The highest BCUT2D eigenvalue weighted by molar-refractivity contribution is 4.86. The normalized spacial score (nSPS) is 39.2. The van der Waals surface area contributed by atoms with E-state index in [1.54, 1.807) is 0 Å². The van der Waals surface area contributed by atoms with Crippen LogP contribution in [-0.4, -0.2) is 40.5 Å². The summed E-state index contributed by atoms with van der Waals surface area (Å²) in [5.74, 6) is 1.17. The second-order valence-electron chi connectivity index (χ2n) is 6.39. The zero-order valence-corrected chi connectivity index (χ0v) is 11.7. The van der Waals surface area contributed by atoms with Crippen LogP contribution in [0.5, 0.6) is 0 Å². The smallest absolute Gasteiger partial charge is 0.0257 e. The average Bonchev–Trinajstić information content (AvgIpc) is 2.33. The third-order valence-corrected chi connectivity index (χ3v) is 4.90. The molecule has 2 fully saturated rings. The van der Waals surface area contributed by atoms with Gasteiger partial charge in [0.2, 0.25) is 0 Å². The highest BCUT2D eigenvalue weighted by Gasteiger charge is 2.30. The van der Waals surface area contributed by atoms with Crippen LogP contribution in [0.15, 0.2) is 0 Å². The molecule has 1 heterocycles. The summed E-state index contributed by atoms with van der Waals surface area (Å²) in [7, 11) is 0. The summed E-state index contributed by atoms with van der Waals surface area (Å²) in [5, 5.41) is 20.7. The minimum absolute atomic E-state index is 0.176. The predicted molar refractivity (Wildman–Crippen MR) is 72.2 cm³/mol. The Balaban J connectivity index is 1.90. The molecule has 1 aliphatic heterocycles. The van der Waals surface area contributed by atoms with E-state index < -0.39 is 0 Å². The molecular weight excluding hydrogens is 228 g/mol. The maximum Gasteiger partial charge on any atom is 0.0257 e. The molecule has 1 saturated carbocycles. The van der Waals surface area contributed by atoms with Gasteiger partial charge in [-0.3, -0.25) is 5.23 Å². The molecule has 4 unspecified atom stereocenters. The molecule has 0 aromatic rings. The fourth-order valence-corrected chi connectivity index (χ4v) is 3.72. The lowest BCUT2D eigenvalue weighted by molar-refractivity contribution is -0.111. The summed E-state index contributed by atoms with van der Waals surface area (Å²) in [5.41, 5.74) is 0. The summed E-state index contributed by atoms with van der Waals surface area (Å²) in [4.78, 5) is 2.52. The summed E-state index contributed by atoms with van der Waals surface area (Å²) in [6, 6.07) is 0.445. The van der Waals surface area contributed by atoms with E-state index in [9.17, 15) is 10.4 Å². The molecule has 1 aliphatic carbocycles. The van der Waals surface area contributed by atoms with Crippen molar-refractivity contribution >= 4 is 0 Å². The van der Waals surface area contributed by atoms with E-state index in [1.807, 2.05) is 0 Å². The fraction of sp³-hybridized carbons (Fsp3) is 1.00. The van der Waals surface area contributed by atoms with Crippen LogP contribution >= 0.6 is 0 Å². The third kappa shape index (κ3) is 3.44. The zero-order chi connectivity index (χ0) is 13.1. The Bertz CT molecular complexity index is 260. The monoisotopic (exact) mass is 255 g/mol. The topological polar surface area (TPSA) is 49.8 Å². The van der Waals surface area contributed by atoms with E-state index in [0.717, 1.165) is 38.3 Å². The molecule has 0 bridgehead atoms. The minimum Gasteiger partial charge on any atom is -0.762 e. The van der Waals surface area contributed by atoms with Gasteiger partial charge < -0.3 is 15.3 Å². The number of nitrogens with zero attached hydrogens (tertiary/aromatic N) is 2. The molecule has 1 N–H and O–H groups in total. The first kappa shape index (κ1) is 14.3. The van der Waals surface area contributed by atoms with Gasteiger partial charge >= 0.3 is 0 Å². The molecule has 0 aromatic carbocycles. The predicted octanol–water partition coefficient (Wildman–Crippen LogP) is 2.85. The minimum atomic E-state index is -0.176. The second kappa shape index (κ2) is 6.33. The number of rotatable bonds is 3. The van der Waals surface area contributed by atoms with Crippen LogP contribution in [0.25, 0.3) is 0 Å². The van der Waals surface area contributed by atoms with E-state index >= 15 is 0 Å². The molecule has 0 aromatic heterocycles. The van der Waals surface area contributed by atoms with Gasteiger partial charge in [-0.05, 0) is 51.0 Å². The highest BCUT2D eigenvalue weighted by atomic mass is 16.8. The molecule has 2 rings (SSSR count). The molecule has 0 spiro atoms. The van der Waals surface area contributed by atoms with Gasteiger partial charge in [-0.25, -0.2) is 0 Å². The molecule has 4 nitrogen and oxygen atoms in total.